The fourth-order valence-electron chi connectivity index (χ4n) is 3.72. The molecule has 1 aliphatic heterocycles. The smallest absolute Gasteiger partial charge is 0.307 e. The van der Waals surface area contributed by atoms with Crippen molar-refractivity contribution in [3.8, 4) is 17.1 Å². The summed E-state index contributed by atoms with van der Waals surface area (Å²) in [6.45, 7) is 1.62. The summed E-state index contributed by atoms with van der Waals surface area (Å²) in [6.07, 6.45) is 2.68. The molecule has 6 nitrogen and oxygen atoms in total. The minimum atomic E-state index is -0.659. The zero-order valence-corrected chi connectivity index (χ0v) is 13.4. The quantitative estimate of drug-likeness (QED) is 0.930. The molecule has 2 heterocycles. The molecule has 2 aliphatic rings. The molecule has 1 saturated heterocycles. The summed E-state index contributed by atoms with van der Waals surface area (Å²) in [4.78, 5) is 22.4. The molecule has 0 bridgehead atoms. The number of carboxylic acid groups (broad SMARTS) is 1. The first-order chi connectivity index (χ1) is 11.7. The van der Waals surface area contributed by atoms with Gasteiger partial charge in [0, 0.05) is 24.8 Å². The zero-order chi connectivity index (χ0) is 16.7. The van der Waals surface area contributed by atoms with Crippen molar-refractivity contribution in [3.05, 3.63) is 36.5 Å². The van der Waals surface area contributed by atoms with Crippen LogP contribution >= 0.6 is 0 Å². The number of anilines is 1. The van der Waals surface area contributed by atoms with E-state index in [1.54, 1.807) is 13.3 Å². The molecule has 1 N–H and O–H groups in total. The van der Waals surface area contributed by atoms with Gasteiger partial charge in [-0.3, -0.25) is 4.79 Å². The Kier molecular flexibility index (Phi) is 3.59. The number of hydrogen-bond donors (Lipinski definition) is 1. The Morgan fingerprint density at radius 3 is 2.75 bits per heavy atom. The SMILES string of the molecule is COc1ccc(-c2nccc(N3CC[C@H]4[C@@H](C3)[C@H]4C(=O)O)n2)cc1. The van der Waals surface area contributed by atoms with E-state index in [-0.39, 0.29) is 11.8 Å². The third kappa shape index (κ3) is 2.58. The number of aliphatic carboxylic acids is 1. The van der Waals surface area contributed by atoms with Gasteiger partial charge in [0.15, 0.2) is 5.82 Å². The summed E-state index contributed by atoms with van der Waals surface area (Å²) in [5.41, 5.74) is 0.933. The molecule has 0 amide bonds. The third-order valence-electron chi connectivity index (χ3n) is 5.09. The van der Waals surface area contributed by atoms with Crippen molar-refractivity contribution in [1.82, 2.24) is 9.97 Å². The van der Waals surface area contributed by atoms with Gasteiger partial charge < -0.3 is 14.7 Å². The topological polar surface area (TPSA) is 75.5 Å². The number of piperidine rings is 1. The molecule has 6 heteroatoms. The Balaban J connectivity index is 1.53. The predicted molar refractivity (Wildman–Crippen MR) is 89.0 cm³/mol. The Bertz CT molecular complexity index is 762. The van der Waals surface area contributed by atoms with Crippen molar-refractivity contribution in [2.75, 3.05) is 25.1 Å². The van der Waals surface area contributed by atoms with Crippen molar-refractivity contribution >= 4 is 11.8 Å². The lowest BCUT2D eigenvalue weighted by molar-refractivity contribution is -0.139. The van der Waals surface area contributed by atoms with Gasteiger partial charge in [0.25, 0.3) is 0 Å². The zero-order valence-electron chi connectivity index (χ0n) is 13.4. The van der Waals surface area contributed by atoms with Crippen molar-refractivity contribution in [2.24, 2.45) is 17.8 Å². The molecular formula is C18H19N3O3. The molecule has 0 unspecified atom stereocenters. The Labute approximate surface area is 140 Å². The second kappa shape index (κ2) is 5.78. The van der Waals surface area contributed by atoms with Crippen LogP contribution < -0.4 is 9.64 Å². The lowest BCUT2D eigenvalue weighted by atomic mass is 10.1. The molecule has 2 aromatic rings. The second-order valence-corrected chi connectivity index (χ2v) is 6.39. The van der Waals surface area contributed by atoms with Crippen LogP contribution in [0.15, 0.2) is 36.5 Å². The van der Waals surface area contributed by atoms with Gasteiger partial charge in [0.05, 0.1) is 13.0 Å². The lowest BCUT2D eigenvalue weighted by Gasteiger charge is -2.27. The minimum absolute atomic E-state index is 0.169. The van der Waals surface area contributed by atoms with E-state index in [2.05, 4.69) is 14.9 Å². The summed E-state index contributed by atoms with van der Waals surface area (Å²) in [5.74, 6) is 2.11. The van der Waals surface area contributed by atoms with E-state index < -0.39 is 5.97 Å². The number of carbonyl (C=O) groups is 1. The highest BCUT2D eigenvalue weighted by molar-refractivity contribution is 5.75. The first-order valence-corrected chi connectivity index (χ1v) is 8.12. The standard InChI is InChI=1S/C18H19N3O3/c1-24-12-4-2-11(3-5-12)17-19-8-6-15(20-17)21-9-7-13-14(10-21)16(13)18(22)23/h2-6,8,13-14,16H,7,9-10H2,1H3,(H,22,23)/t13-,14+,16-/m0/s1. The van der Waals surface area contributed by atoms with Gasteiger partial charge in [-0.15, -0.1) is 0 Å². The number of carboxylic acids is 1. The van der Waals surface area contributed by atoms with Crippen LogP contribution in [0.5, 0.6) is 5.75 Å². The molecular weight excluding hydrogens is 306 g/mol. The number of rotatable bonds is 4. The fraction of sp³-hybridized carbons (Fsp3) is 0.389. The van der Waals surface area contributed by atoms with E-state index in [4.69, 9.17) is 4.74 Å². The van der Waals surface area contributed by atoms with E-state index >= 15 is 0 Å². The van der Waals surface area contributed by atoms with Crippen LogP contribution in [0.2, 0.25) is 0 Å². The normalized spacial score (nSPS) is 25.0. The minimum Gasteiger partial charge on any atom is -0.497 e. The Morgan fingerprint density at radius 2 is 2.04 bits per heavy atom. The number of methoxy groups -OCH3 is 1. The maximum atomic E-state index is 11.2. The van der Waals surface area contributed by atoms with E-state index in [0.29, 0.717) is 11.7 Å². The number of ether oxygens (including phenoxy) is 1. The van der Waals surface area contributed by atoms with Crippen LogP contribution in [-0.4, -0.2) is 41.2 Å². The number of aromatic nitrogens is 2. The lowest BCUT2D eigenvalue weighted by Crippen LogP contribution is -2.32. The van der Waals surface area contributed by atoms with E-state index in [0.717, 1.165) is 36.6 Å². The van der Waals surface area contributed by atoms with Gasteiger partial charge in [-0.25, -0.2) is 9.97 Å². The van der Waals surface area contributed by atoms with Gasteiger partial charge in [0.1, 0.15) is 11.6 Å². The summed E-state index contributed by atoms with van der Waals surface area (Å²) in [6, 6.07) is 9.54. The Morgan fingerprint density at radius 1 is 1.25 bits per heavy atom. The van der Waals surface area contributed by atoms with Crippen LogP contribution in [0.3, 0.4) is 0 Å². The van der Waals surface area contributed by atoms with Crippen LogP contribution in [0.25, 0.3) is 11.4 Å². The highest BCUT2D eigenvalue weighted by atomic mass is 16.5. The molecule has 24 heavy (non-hydrogen) atoms. The fourth-order valence-corrected chi connectivity index (χ4v) is 3.72. The predicted octanol–water partition coefficient (Wildman–Crippen LogP) is 2.31. The maximum absolute atomic E-state index is 11.2. The largest absolute Gasteiger partial charge is 0.497 e. The van der Waals surface area contributed by atoms with Crippen molar-refractivity contribution < 1.29 is 14.6 Å². The van der Waals surface area contributed by atoms with Gasteiger partial charge in [-0.2, -0.15) is 0 Å². The van der Waals surface area contributed by atoms with E-state index in [1.165, 1.54) is 0 Å². The molecule has 124 valence electrons. The Hall–Kier alpha value is -2.63. The van der Waals surface area contributed by atoms with E-state index in [1.807, 2.05) is 30.3 Å². The van der Waals surface area contributed by atoms with Crippen LogP contribution in [0, 0.1) is 17.8 Å². The van der Waals surface area contributed by atoms with Crippen molar-refractivity contribution in [3.63, 3.8) is 0 Å². The highest BCUT2D eigenvalue weighted by Crippen LogP contribution is 2.52. The first-order valence-electron chi connectivity index (χ1n) is 8.12. The molecule has 1 aliphatic carbocycles. The van der Waals surface area contributed by atoms with Crippen molar-refractivity contribution in [2.45, 2.75) is 6.42 Å². The number of hydrogen-bond acceptors (Lipinski definition) is 5. The highest BCUT2D eigenvalue weighted by Gasteiger charge is 2.57. The van der Waals surface area contributed by atoms with Gasteiger partial charge >= 0.3 is 5.97 Å². The molecule has 2 fully saturated rings. The molecule has 1 aromatic carbocycles. The summed E-state index contributed by atoms with van der Waals surface area (Å²) in [5, 5.41) is 9.22. The second-order valence-electron chi connectivity index (χ2n) is 6.39. The van der Waals surface area contributed by atoms with Crippen molar-refractivity contribution in [1.29, 1.82) is 0 Å². The van der Waals surface area contributed by atoms with Gasteiger partial charge in [-0.1, -0.05) is 0 Å². The molecule has 1 saturated carbocycles. The first kappa shape index (κ1) is 14.9. The molecule has 0 radical (unpaired) electrons. The number of nitrogens with zero attached hydrogens (tertiary/aromatic N) is 3. The average Bonchev–Trinajstić information content (AvgIpc) is 3.35. The monoisotopic (exact) mass is 325 g/mol. The van der Waals surface area contributed by atoms with Crippen LogP contribution in [0.4, 0.5) is 5.82 Å². The van der Waals surface area contributed by atoms with Crippen LogP contribution in [-0.2, 0) is 4.79 Å². The van der Waals surface area contributed by atoms with Gasteiger partial charge in [-0.05, 0) is 48.6 Å². The molecule has 0 spiro atoms. The number of benzene rings is 1. The summed E-state index contributed by atoms with van der Waals surface area (Å²) >= 11 is 0. The van der Waals surface area contributed by atoms with E-state index in [9.17, 15) is 9.90 Å². The molecule has 3 atom stereocenters. The summed E-state index contributed by atoms with van der Waals surface area (Å²) < 4.78 is 5.17. The average molecular weight is 325 g/mol. The summed E-state index contributed by atoms with van der Waals surface area (Å²) in [7, 11) is 1.64. The number of fused-ring (bicyclic) bond motifs is 1. The molecule has 1 aromatic heterocycles. The van der Waals surface area contributed by atoms with Crippen LogP contribution in [0.1, 0.15) is 6.42 Å². The van der Waals surface area contributed by atoms with Gasteiger partial charge in [0.2, 0.25) is 0 Å². The maximum Gasteiger partial charge on any atom is 0.307 e. The third-order valence-corrected chi connectivity index (χ3v) is 5.09. The molecule has 4 rings (SSSR count).